The SMILES string of the molecule is CC1CCCN(C(C)CNC(=O)/C=C/c2ccc(N3CCCC3=O)cc2)C1. The highest BCUT2D eigenvalue weighted by Gasteiger charge is 2.22. The summed E-state index contributed by atoms with van der Waals surface area (Å²) in [5, 5.41) is 3.01. The van der Waals surface area contributed by atoms with E-state index in [9.17, 15) is 9.59 Å². The van der Waals surface area contributed by atoms with Crippen LogP contribution in [0.15, 0.2) is 30.3 Å². The van der Waals surface area contributed by atoms with Crippen LogP contribution in [0.1, 0.15) is 45.1 Å². The van der Waals surface area contributed by atoms with Crippen molar-refractivity contribution in [3.8, 4) is 0 Å². The molecule has 2 aliphatic heterocycles. The fourth-order valence-electron chi connectivity index (χ4n) is 3.92. The Balaban J connectivity index is 1.46. The van der Waals surface area contributed by atoms with E-state index in [1.807, 2.05) is 35.2 Å². The van der Waals surface area contributed by atoms with Crippen molar-refractivity contribution in [1.82, 2.24) is 10.2 Å². The van der Waals surface area contributed by atoms with Gasteiger partial charge in [0.25, 0.3) is 0 Å². The number of hydrogen-bond donors (Lipinski definition) is 1. The van der Waals surface area contributed by atoms with Gasteiger partial charge in [-0.15, -0.1) is 0 Å². The molecular weight excluding hydrogens is 338 g/mol. The van der Waals surface area contributed by atoms with Gasteiger partial charge in [0.2, 0.25) is 11.8 Å². The van der Waals surface area contributed by atoms with Gasteiger partial charge in [0.15, 0.2) is 0 Å². The summed E-state index contributed by atoms with van der Waals surface area (Å²) >= 11 is 0. The zero-order valence-corrected chi connectivity index (χ0v) is 16.5. The number of carbonyl (C=O) groups excluding carboxylic acids is 2. The van der Waals surface area contributed by atoms with Crippen molar-refractivity contribution in [3.63, 3.8) is 0 Å². The number of nitrogens with zero attached hydrogens (tertiary/aromatic N) is 2. The molecular formula is C22H31N3O2. The van der Waals surface area contributed by atoms with E-state index < -0.39 is 0 Å². The molecule has 2 fully saturated rings. The fourth-order valence-corrected chi connectivity index (χ4v) is 3.92. The lowest BCUT2D eigenvalue weighted by Gasteiger charge is -2.35. The molecule has 146 valence electrons. The zero-order valence-electron chi connectivity index (χ0n) is 16.5. The van der Waals surface area contributed by atoms with Crippen LogP contribution in [-0.2, 0) is 9.59 Å². The van der Waals surface area contributed by atoms with Gasteiger partial charge >= 0.3 is 0 Å². The van der Waals surface area contributed by atoms with Gasteiger partial charge in [0.05, 0.1) is 0 Å². The summed E-state index contributed by atoms with van der Waals surface area (Å²) < 4.78 is 0. The van der Waals surface area contributed by atoms with Crippen molar-refractivity contribution in [2.24, 2.45) is 5.92 Å². The summed E-state index contributed by atoms with van der Waals surface area (Å²) in [5.74, 6) is 0.871. The first kappa shape index (κ1) is 19.6. The number of carbonyl (C=O) groups is 2. The van der Waals surface area contributed by atoms with Gasteiger partial charge in [-0.3, -0.25) is 14.5 Å². The molecule has 0 bridgehead atoms. The van der Waals surface area contributed by atoms with Gasteiger partial charge in [-0.25, -0.2) is 0 Å². The third kappa shape index (κ3) is 5.42. The Bertz CT molecular complexity index is 683. The van der Waals surface area contributed by atoms with Gasteiger partial charge in [0.1, 0.15) is 0 Å². The molecule has 0 saturated carbocycles. The number of rotatable bonds is 6. The van der Waals surface area contributed by atoms with Crippen LogP contribution in [0.4, 0.5) is 5.69 Å². The van der Waals surface area contributed by atoms with Gasteiger partial charge in [0, 0.05) is 43.9 Å². The Labute approximate surface area is 162 Å². The minimum absolute atomic E-state index is 0.0642. The van der Waals surface area contributed by atoms with Crippen LogP contribution in [0, 0.1) is 5.92 Å². The first-order valence-electron chi connectivity index (χ1n) is 10.1. The Hall–Kier alpha value is -2.14. The van der Waals surface area contributed by atoms with Crippen molar-refractivity contribution in [3.05, 3.63) is 35.9 Å². The monoisotopic (exact) mass is 369 g/mol. The molecule has 3 rings (SSSR count). The highest BCUT2D eigenvalue weighted by Crippen LogP contribution is 2.22. The normalized spacial score (nSPS) is 22.4. The van der Waals surface area contributed by atoms with E-state index in [1.54, 1.807) is 6.08 Å². The lowest BCUT2D eigenvalue weighted by atomic mass is 9.99. The molecule has 1 N–H and O–H groups in total. The maximum absolute atomic E-state index is 12.1. The predicted octanol–water partition coefficient (Wildman–Crippen LogP) is 3.06. The molecule has 0 aliphatic carbocycles. The Morgan fingerprint density at radius 3 is 2.70 bits per heavy atom. The number of piperidine rings is 1. The van der Waals surface area contributed by atoms with Crippen LogP contribution in [0.25, 0.3) is 6.08 Å². The Kier molecular flexibility index (Phi) is 6.67. The van der Waals surface area contributed by atoms with Crippen LogP contribution in [0.5, 0.6) is 0 Å². The van der Waals surface area contributed by atoms with Crippen molar-refractivity contribution in [1.29, 1.82) is 0 Å². The van der Waals surface area contributed by atoms with Crippen LogP contribution in [0.3, 0.4) is 0 Å². The average molecular weight is 370 g/mol. The van der Waals surface area contributed by atoms with Gasteiger partial charge in [-0.2, -0.15) is 0 Å². The summed E-state index contributed by atoms with van der Waals surface area (Å²) in [6.07, 6.45) is 7.52. The molecule has 5 heteroatoms. The third-order valence-electron chi connectivity index (χ3n) is 5.59. The number of nitrogens with one attached hydrogen (secondary N) is 1. The lowest BCUT2D eigenvalue weighted by Crippen LogP contribution is -2.46. The first-order chi connectivity index (χ1) is 13.0. The number of likely N-dealkylation sites (tertiary alicyclic amines) is 1. The van der Waals surface area contributed by atoms with Crippen molar-refractivity contribution >= 4 is 23.6 Å². The standard InChI is InChI=1S/C22H31N3O2/c1-17-5-3-13-24(16-17)18(2)15-23-21(26)12-9-19-7-10-20(11-8-19)25-14-4-6-22(25)27/h7-12,17-18H,3-6,13-16H2,1-2H3,(H,23,26)/b12-9+. The maximum Gasteiger partial charge on any atom is 0.244 e. The van der Waals surface area contributed by atoms with E-state index in [2.05, 4.69) is 24.1 Å². The molecule has 0 radical (unpaired) electrons. The van der Waals surface area contributed by atoms with Gasteiger partial charge in [-0.1, -0.05) is 19.1 Å². The fraction of sp³-hybridized carbons (Fsp3) is 0.545. The molecule has 2 unspecified atom stereocenters. The second-order valence-corrected chi connectivity index (χ2v) is 7.91. The third-order valence-corrected chi connectivity index (χ3v) is 5.59. The molecule has 1 aromatic carbocycles. The molecule has 5 nitrogen and oxygen atoms in total. The lowest BCUT2D eigenvalue weighted by molar-refractivity contribution is -0.117. The second kappa shape index (κ2) is 9.18. The summed E-state index contributed by atoms with van der Waals surface area (Å²) in [5.41, 5.74) is 1.89. The molecule has 0 spiro atoms. The molecule has 0 aromatic heterocycles. The van der Waals surface area contributed by atoms with Gasteiger partial charge in [-0.05, 0) is 62.4 Å². The molecule has 1 aromatic rings. The highest BCUT2D eigenvalue weighted by molar-refractivity contribution is 5.95. The average Bonchev–Trinajstić information content (AvgIpc) is 3.10. The summed E-state index contributed by atoms with van der Waals surface area (Å²) in [4.78, 5) is 28.2. The van der Waals surface area contributed by atoms with E-state index in [-0.39, 0.29) is 11.8 Å². The molecule has 2 atom stereocenters. The zero-order chi connectivity index (χ0) is 19.2. The molecule has 2 heterocycles. The topological polar surface area (TPSA) is 52.7 Å². The van der Waals surface area contributed by atoms with E-state index in [0.717, 1.165) is 43.2 Å². The molecule has 27 heavy (non-hydrogen) atoms. The largest absolute Gasteiger partial charge is 0.351 e. The first-order valence-corrected chi connectivity index (χ1v) is 10.1. The smallest absolute Gasteiger partial charge is 0.244 e. The van der Waals surface area contributed by atoms with E-state index in [4.69, 9.17) is 0 Å². The molecule has 2 saturated heterocycles. The number of amides is 2. The second-order valence-electron chi connectivity index (χ2n) is 7.91. The quantitative estimate of drug-likeness (QED) is 0.784. The highest BCUT2D eigenvalue weighted by atomic mass is 16.2. The van der Waals surface area contributed by atoms with Crippen LogP contribution in [0.2, 0.25) is 0 Å². The number of benzene rings is 1. The summed E-state index contributed by atoms with van der Waals surface area (Å²) in [6, 6.07) is 8.15. The summed E-state index contributed by atoms with van der Waals surface area (Å²) in [7, 11) is 0. The van der Waals surface area contributed by atoms with Crippen molar-refractivity contribution in [2.45, 2.75) is 45.6 Å². The maximum atomic E-state index is 12.1. The molecule has 2 amide bonds. The van der Waals surface area contributed by atoms with Crippen LogP contribution < -0.4 is 10.2 Å². The number of anilines is 1. The van der Waals surface area contributed by atoms with E-state index >= 15 is 0 Å². The van der Waals surface area contributed by atoms with E-state index in [0.29, 0.717) is 19.0 Å². The van der Waals surface area contributed by atoms with Crippen LogP contribution in [-0.4, -0.2) is 48.9 Å². The minimum Gasteiger partial charge on any atom is -0.351 e. The van der Waals surface area contributed by atoms with Gasteiger partial charge < -0.3 is 10.2 Å². The Morgan fingerprint density at radius 1 is 1.26 bits per heavy atom. The minimum atomic E-state index is -0.0642. The number of hydrogen-bond acceptors (Lipinski definition) is 3. The van der Waals surface area contributed by atoms with E-state index in [1.165, 1.54) is 12.8 Å². The Morgan fingerprint density at radius 2 is 2.04 bits per heavy atom. The predicted molar refractivity (Wildman–Crippen MR) is 110 cm³/mol. The van der Waals surface area contributed by atoms with Crippen molar-refractivity contribution in [2.75, 3.05) is 31.1 Å². The van der Waals surface area contributed by atoms with Crippen molar-refractivity contribution < 1.29 is 9.59 Å². The van der Waals surface area contributed by atoms with Crippen LogP contribution >= 0.6 is 0 Å². The summed E-state index contributed by atoms with van der Waals surface area (Å²) in [6.45, 7) is 8.20. The molecule has 2 aliphatic rings.